The van der Waals surface area contributed by atoms with Crippen LogP contribution in [0.25, 0.3) is 10.9 Å². The molecule has 1 fully saturated rings. The first-order valence-electron chi connectivity index (χ1n) is 12.7. The van der Waals surface area contributed by atoms with Crippen molar-refractivity contribution in [1.29, 1.82) is 5.26 Å². The van der Waals surface area contributed by atoms with Gasteiger partial charge in [0.15, 0.2) is 0 Å². The summed E-state index contributed by atoms with van der Waals surface area (Å²) in [5, 5.41) is 26.6. The predicted octanol–water partition coefficient (Wildman–Crippen LogP) is 6.08. The number of pyridine rings is 2. The molecule has 39 heavy (non-hydrogen) atoms. The highest BCUT2D eigenvalue weighted by molar-refractivity contribution is 6.35. The Kier molecular flexibility index (Phi) is 6.78. The zero-order valence-corrected chi connectivity index (χ0v) is 21.6. The Labute approximate surface area is 229 Å². The van der Waals surface area contributed by atoms with E-state index < -0.39 is 6.04 Å². The first-order valence-corrected chi connectivity index (χ1v) is 13.1. The molecule has 5 aromatic rings. The summed E-state index contributed by atoms with van der Waals surface area (Å²) in [5.41, 5.74) is 4.84. The molecular weight excluding hydrogens is 515 g/mol. The highest BCUT2D eigenvalue weighted by atomic mass is 35.5. The Bertz CT molecular complexity index is 1660. The van der Waals surface area contributed by atoms with Crippen LogP contribution < -0.4 is 10.6 Å². The van der Waals surface area contributed by atoms with Crippen molar-refractivity contribution < 1.29 is 4.39 Å². The number of nitrogens with one attached hydrogen (secondary N) is 2. The summed E-state index contributed by atoms with van der Waals surface area (Å²) in [7, 11) is 0. The number of rotatable bonds is 9. The van der Waals surface area contributed by atoms with E-state index in [4.69, 9.17) is 11.6 Å². The number of anilines is 2. The molecule has 0 aliphatic heterocycles. The molecule has 2 N–H and O–H groups in total. The Balaban J connectivity index is 1.36. The smallest absolute Gasteiger partial charge is 0.123 e. The Morgan fingerprint density at radius 3 is 2.72 bits per heavy atom. The largest absolute Gasteiger partial charge is 0.383 e. The lowest BCUT2D eigenvalue weighted by Crippen LogP contribution is -2.13. The van der Waals surface area contributed by atoms with Crippen molar-refractivity contribution in [3.63, 3.8) is 0 Å². The molecule has 3 heterocycles. The van der Waals surface area contributed by atoms with Crippen molar-refractivity contribution in [2.24, 2.45) is 0 Å². The maximum absolute atomic E-state index is 13.7. The minimum atomic E-state index is -0.403. The van der Waals surface area contributed by atoms with Crippen LogP contribution in [0.15, 0.2) is 73.2 Å². The molecule has 2 aromatic carbocycles. The third-order valence-electron chi connectivity index (χ3n) is 6.71. The molecule has 1 saturated carbocycles. The van der Waals surface area contributed by atoms with Crippen LogP contribution in [0, 0.1) is 17.1 Å². The average Bonchev–Trinajstić information content (AvgIpc) is 3.69. The summed E-state index contributed by atoms with van der Waals surface area (Å²) in [6.45, 7) is 0.572. The normalized spacial score (nSPS) is 13.7. The number of halogens is 2. The van der Waals surface area contributed by atoms with E-state index in [2.05, 4.69) is 37.0 Å². The van der Waals surface area contributed by atoms with E-state index in [1.54, 1.807) is 24.4 Å². The molecule has 8 nitrogen and oxygen atoms in total. The van der Waals surface area contributed by atoms with Crippen molar-refractivity contribution in [3.05, 3.63) is 107 Å². The summed E-state index contributed by atoms with van der Waals surface area (Å²) in [6.07, 6.45) is 8.08. The van der Waals surface area contributed by atoms with Crippen molar-refractivity contribution in [3.8, 4) is 6.07 Å². The van der Waals surface area contributed by atoms with Crippen molar-refractivity contribution >= 4 is 33.9 Å². The highest BCUT2D eigenvalue weighted by Gasteiger charge is 2.27. The van der Waals surface area contributed by atoms with Crippen molar-refractivity contribution in [2.45, 2.75) is 31.3 Å². The molecule has 0 saturated heterocycles. The maximum Gasteiger partial charge on any atom is 0.123 e. The second-order valence-electron chi connectivity index (χ2n) is 9.49. The zero-order chi connectivity index (χ0) is 26.8. The van der Waals surface area contributed by atoms with Gasteiger partial charge >= 0.3 is 0 Å². The lowest BCUT2D eigenvalue weighted by Gasteiger charge is -2.20. The van der Waals surface area contributed by atoms with Crippen molar-refractivity contribution in [2.75, 3.05) is 17.2 Å². The molecule has 10 heteroatoms. The fourth-order valence-electron chi connectivity index (χ4n) is 4.57. The highest BCUT2D eigenvalue weighted by Crippen LogP contribution is 2.37. The fraction of sp³-hybridized carbons (Fsp3) is 0.207. The first-order chi connectivity index (χ1) is 19.1. The predicted molar refractivity (Wildman–Crippen MR) is 148 cm³/mol. The summed E-state index contributed by atoms with van der Waals surface area (Å²) in [5.74, 6) is -0.315. The SMILES string of the molecule is N#Cc1cnc2c(Cl)cc(NC(c3ccc(F)cc3)c3cn(C4CC4)nn3)cc2c1NCCc1ccccn1. The number of nitrogens with zero attached hydrogens (tertiary/aromatic N) is 6. The van der Waals surface area contributed by atoms with Gasteiger partial charge in [0, 0.05) is 42.1 Å². The van der Waals surface area contributed by atoms with Gasteiger partial charge in [0.05, 0.1) is 40.1 Å². The van der Waals surface area contributed by atoms with E-state index in [1.807, 2.05) is 35.1 Å². The molecule has 0 bridgehead atoms. The lowest BCUT2D eigenvalue weighted by molar-refractivity contribution is 0.610. The van der Waals surface area contributed by atoms with Crippen LogP contribution in [-0.4, -0.2) is 31.5 Å². The molecule has 0 spiro atoms. The Hall–Kier alpha value is -4.55. The van der Waals surface area contributed by atoms with Crippen LogP contribution in [0.5, 0.6) is 0 Å². The molecule has 1 atom stereocenters. The number of fused-ring (bicyclic) bond motifs is 1. The molecule has 1 unspecified atom stereocenters. The third kappa shape index (κ3) is 5.38. The zero-order valence-electron chi connectivity index (χ0n) is 20.9. The summed E-state index contributed by atoms with van der Waals surface area (Å²) in [6, 6.07) is 18.0. The number of hydrogen-bond donors (Lipinski definition) is 2. The van der Waals surface area contributed by atoms with Crippen LogP contribution in [0.3, 0.4) is 0 Å². The third-order valence-corrected chi connectivity index (χ3v) is 7.00. The van der Waals surface area contributed by atoms with Crippen LogP contribution in [0.2, 0.25) is 5.02 Å². The van der Waals surface area contributed by atoms with Gasteiger partial charge in [0.25, 0.3) is 0 Å². The molecule has 0 amide bonds. The number of hydrogen-bond acceptors (Lipinski definition) is 7. The molecule has 194 valence electrons. The summed E-state index contributed by atoms with van der Waals surface area (Å²) >= 11 is 6.70. The summed E-state index contributed by atoms with van der Waals surface area (Å²) in [4.78, 5) is 8.82. The van der Waals surface area contributed by atoms with E-state index in [1.165, 1.54) is 18.3 Å². The van der Waals surface area contributed by atoms with Gasteiger partial charge in [-0.3, -0.25) is 9.97 Å². The van der Waals surface area contributed by atoms with Gasteiger partial charge in [-0.2, -0.15) is 5.26 Å². The van der Waals surface area contributed by atoms with Gasteiger partial charge in [0.2, 0.25) is 0 Å². The maximum atomic E-state index is 13.7. The monoisotopic (exact) mass is 538 g/mol. The molecule has 3 aromatic heterocycles. The van der Waals surface area contributed by atoms with E-state index in [9.17, 15) is 9.65 Å². The minimum absolute atomic E-state index is 0.315. The first kappa shape index (κ1) is 24.8. The van der Waals surface area contributed by atoms with Gasteiger partial charge in [0.1, 0.15) is 17.6 Å². The van der Waals surface area contributed by atoms with E-state index in [0.717, 1.165) is 24.1 Å². The molecule has 0 radical (unpaired) electrons. The van der Waals surface area contributed by atoms with Crippen LogP contribution >= 0.6 is 11.6 Å². The standard InChI is InChI=1S/C29H24ClFN8/c30-25-14-22(36-28(18-4-6-20(31)7-5-18)26-17-39(38-37-26)23-8-9-23)13-24-27(19(15-32)16-35-29(24)25)34-12-10-21-3-1-2-11-33-21/h1-7,11,13-14,16-17,23,28,36H,8-10,12H2,(H,34,35). The van der Waals surface area contributed by atoms with Gasteiger partial charge < -0.3 is 10.6 Å². The Morgan fingerprint density at radius 2 is 1.97 bits per heavy atom. The van der Waals surface area contributed by atoms with Crippen LogP contribution in [0.1, 0.15) is 47.4 Å². The molecular formula is C29H24ClFN8. The lowest BCUT2D eigenvalue weighted by atomic mass is 10.0. The fourth-order valence-corrected chi connectivity index (χ4v) is 4.84. The van der Waals surface area contributed by atoms with E-state index >= 15 is 0 Å². The summed E-state index contributed by atoms with van der Waals surface area (Å²) < 4.78 is 15.6. The Morgan fingerprint density at radius 1 is 1.13 bits per heavy atom. The number of aromatic nitrogens is 5. The number of benzene rings is 2. The second kappa shape index (κ2) is 10.7. The molecule has 1 aliphatic rings. The van der Waals surface area contributed by atoms with Crippen LogP contribution in [0.4, 0.5) is 15.8 Å². The van der Waals surface area contributed by atoms with Gasteiger partial charge in [-0.1, -0.05) is 35.0 Å². The topological polar surface area (TPSA) is 104 Å². The van der Waals surface area contributed by atoms with Gasteiger partial charge in [-0.25, -0.2) is 9.07 Å². The quantitative estimate of drug-likeness (QED) is 0.234. The van der Waals surface area contributed by atoms with Gasteiger partial charge in [-0.15, -0.1) is 5.10 Å². The average molecular weight is 539 g/mol. The molecule has 1 aliphatic carbocycles. The van der Waals surface area contributed by atoms with Gasteiger partial charge in [-0.05, 0) is 54.8 Å². The van der Waals surface area contributed by atoms with E-state index in [0.29, 0.717) is 57.6 Å². The van der Waals surface area contributed by atoms with Crippen LogP contribution in [-0.2, 0) is 6.42 Å². The second-order valence-corrected chi connectivity index (χ2v) is 9.90. The van der Waals surface area contributed by atoms with E-state index in [-0.39, 0.29) is 5.82 Å². The number of nitriles is 1. The van der Waals surface area contributed by atoms with Crippen molar-refractivity contribution in [1.82, 2.24) is 25.0 Å². The molecule has 6 rings (SSSR count). The minimum Gasteiger partial charge on any atom is -0.383 e.